The summed E-state index contributed by atoms with van der Waals surface area (Å²) in [4.78, 5) is 24.6. The first-order valence-electron chi connectivity index (χ1n) is 10.6. The van der Waals surface area contributed by atoms with E-state index in [-0.39, 0.29) is 35.7 Å². The lowest BCUT2D eigenvalue weighted by Crippen LogP contribution is -2.54. The number of fused-ring (bicyclic) bond motifs is 2. The van der Waals surface area contributed by atoms with Gasteiger partial charge in [0.15, 0.2) is 0 Å². The Balaban J connectivity index is 0.00000300. The summed E-state index contributed by atoms with van der Waals surface area (Å²) in [6, 6.07) is 8.17. The van der Waals surface area contributed by atoms with Crippen LogP contribution in [0.1, 0.15) is 64.9 Å². The first-order chi connectivity index (χ1) is 13.2. The number of nitrogens with one attached hydrogen (secondary N) is 2. The van der Waals surface area contributed by atoms with Crippen molar-refractivity contribution in [1.82, 2.24) is 5.32 Å². The van der Waals surface area contributed by atoms with Gasteiger partial charge in [0, 0.05) is 24.2 Å². The van der Waals surface area contributed by atoms with E-state index in [1.54, 1.807) is 0 Å². The van der Waals surface area contributed by atoms with Crippen LogP contribution in [-0.2, 0) is 16.0 Å². The van der Waals surface area contributed by atoms with Crippen molar-refractivity contribution in [2.45, 2.75) is 77.8 Å². The molecule has 2 aliphatic carbocycles. The van der Waals surface area contributed by atoms with E-state index in [9.17, 15) is 9.59 Å². The summed E-state index contributed by atoms with van der Waals surface area (Å²) in [5.74, 6) is 1.17. The molecule has 2 amide bonds. The molecule has 29 heavy (non-hydrogen) atoms. The Morgan fingerprint density at radius 3 is 2.17 bits per heavy atom. The fourth-order valence-corrected chi connectivity index (χ4v) is 4.84. The van der Waals surface area contributed by atoms with Gasteiger partial charge >= 0.3 is 0 Å². The standard InChI is InChI=1S/C23H35N3O2.ClH/c1-23(2,3)14-21(28)25-19-9-7-15(8-10-19)11-20(27)26-22-16-5-4-6-17(22)13-18(24)12-16;/h7-10,16-18,22H,4-6,11-14,24H2,1-3H3,(H,25,28)(H,26,27);1H. The van der Waals surface area contributed by atoms with Crippen molar-refractivity contribution in [3.05, 3.63) is 29.8 Å². The minimum absolute atomic E-state index is 0. The molecule has 2 aliphatic rings. The molecule has 3 rings (SSSR count). The van der Waals surface area contributed by atoms with Crippen LogP contribution in [0.4, 0.5) is 5.69 Å². The molecule has 2 unspecified atom stereocenters. The maximum Gasteiger partial charge on any atom is 0.224 e. The monoisotopic (exact) mass is 421 g/mol. The first kappa shape index (κ1) is 23.7. The molecule has 1 aromatic rings. The van der Waals surface area contributed by atoms with Gasteiger partial charge in [0.25, 0.3) is 0 Å². The number of carbonyl (C=O) groups excluding carboxylic acids is 2. The summed E-state index contributed by atoms with van der Waals surface area (Å²) < 4.78 is 0. The zero-order valence-corrected chi connectivity index (χ0v) is 18.7. The number of carbonyl (C=O) groups is 2. The van der Waals surface area contributed by atoms with Gasteiger partial charge in [-0.3, -0.25) is 9.59 Å². The molecule has 0 heterocycles. The normalized spacial score (nSPS) is 26.2. The lowest BCUT2D eigenvalue weighted by atomic mass is 9.67. The maximum absolute atomic E-state index is 12.6. The van der Waals surface area contributed by atoms with E-state index in [2.05, 4.69) is 10.6 Å². The Hall–Kier alpha value is -1.59. The van der Waals surface area contributed by atoms with E-state index in [4.69, 9.17) is 5.73 Å². The van der Waals surface area contributed by atoms with Crippen LogP contribution in [0, 0.1) is 17.3 Å². The van der Waals surface area contributed by atoms with Gasteiger partial charge in [0.2, 0.25) is 11.8 Å². The van der Waals surface area contributed by atoms with Crippen molar-refractivity contribution in [3.63, 3.8) is 0 Å². The van der Waals surface area contributed by atoms with E-state index < -0.39 is 0 Å². The van der Waals surface area contributed by atoms with Gasteiger partial charge in [-0.05, 0) is 60.6 Å². The Labute approximate surface area is 181 Å². The van der Waals surface area contributed by atoms with Crippen LogP contribution < -0.4 is 16.4 Å². The van der Waals surface area contributed by atoms with E-state index in [1.165, 1.54) is 19.3 Å². The van der Waals surface area contributed by atoms with Crippen molar-refractivity contribution in [1.29, 1.82) is 0 Å². The Bertz CT molecular complexity index is 685. The Morgan fingerprint density at radius 1 is 1.03 bits per heavy atom. The predicted octanol–water partition coefficient (Wildman–Crippen LogP) is 4.05. The second-order valence-electron chi connectivity index (χ2n) is 9.94. The van der Waals surface area contributed by atoms with Crippen molar-refractivity contribution >= 4 is 29.9 Å². The van der Waals surface area contributed by atoms with Crippen LogP contribution in [0.25, 0.3) is 0 Å². The van der Waals surface area contributed by atoms with Gasteiger partial charge in [-0.15, -0.1) is 12.4 Å². The second kappa shape index (κ2) is 9.94. The highest BCUT2D eigenvalue weighted by Crippen LogP contribution is 2.39. The number of amides is 2. The van der Waals surface area contributed by atoms with E-state index in [1.807, 2.05) is 45.0 Å². The zero-order chi connectivity index (χ0) is 20.3. The van der Waals surface area contributed by atoms with E-state index >= 15 is 0 Å². The molecule has 2 bridgehead atoms. The number of nitrogens with two attached hydrogens (primary N) is 1. The van der Waals surface area contributed by atoms with Gasteiger partial charge in [0.1, 0.15) is 0 Å². The van der Waals surface area contributed by atoms with Gasteiger partial charge in [0.05, 0.1) is 6.42 Å². The molecule has 2 saturated carbocycles. The summed E-state index contributed by atoms with van der Waals surface area (Å²) in [5, 5.41) is 6.22. The van der Waals surface area contributed by atoms with Gasteiger partial charge in [-0.25, -0.2) is 0 Å². The quantitative estimate of drug-likeness (QED) is 0.670. The smallest absolute Gasteiger partial charge is 0.224 e. The highest BCUT2D eigenvalue weighted by atomic mass is 35.5. The van der Waals surface area contributed by atoms with Crippen LogP contribution in [-0.4, -0.2) is 23.9 Å². The fourth-order valence-electron chi connectivity index (χ4n) is 4.84. The Kier molecular flexibility index (Phi) is 8.12. The maximum atomic E-state index is 12.6. The number of rotatable bonds is 5. The van der Waals surface area contributed by atoms with Crippen LogP contribution in [0.2, 0.25) is 0 Å². The molecule has 0 aromatic heterocycles. The molecule has 1 aromatic carbocycles. The molecule has 0 saturated heterocycles. The van der Waals surface area contributed by atoms with E-state index in [0.717, 1.165) is 24.1 Å². The number of halogens is 1. The third-order valence-corrected chi connectivity index (χ3v) is 6.00. The van der Waals surface area contributed by atoms with Crippen LogP contribution in [0.3, 0.4) is 0 Å². The third-order valence-electron chi connectivity index (χ3n) is 6.00. The van der Waals surface area contributed by atoms with Gasteiger partial charge < -0.3 is 16.4 Å². The lowest BCUT2D eigenvalue weighted by molar-refractivity contribution is -0.122. The molecule has 0 spiro atoms. The third kappa shape index (κ3) is 7.00. The van der Waals surface area contributed by atoms with Gasteiger partial charge in [-0.2, -0.15) is 0 Å². The van der Waals surface area contributed by atoms with Crippen LogP contribution >= 0.6 is 12.4 Å². The highest BCUT2D eigenvalue weighted by Gasteiger charge is 2.39. The molecular formula is C23H36ClN3O2. The lowest BCUT2D eigenvalue weighted by Gasteiger charge is -2.45. The second-order valence-corrected chi connectivity index (χ2v) is 9.94. The molecule has 0 radical (unpaired) electrons. The summed E-state index contributed by atoms with van der Waals surface area (Å²) >= 11 is 0. The topological polar surface area (TPSA) is 84.2 Å². The van der Waals surface area contributed by atoms with Crippen molar-refractivity contribution in [2.75, 3.05) is 5.32 Å². The summed E-state index contributed by atoms with van der Waals surface area (Å²) in [5.41, 5.74) is 7.88. The minimum Gasteiger partial charge on any atom is -0.353 e. The number of benzene rings is 1. The average molecular weight is 422 g/mol. The predicted molar refractivity (Wildman–Crippen MR) is 120 cm³/mol. The summed E-state index contributed by atoms with van der Waals surface area (Å²) in [6.07, 6.45) is 6.53. The fraction of sp³-hybridized carbons (Fsp3) is 0.652. The van der Waals surface area contributed by atoms with Crippen molar-refractivity contribution in [3.8, 4) is 0 Å². The summed E-state index contributed by atoms with van der Waals surface area (Å²) in [7, 11) is 0. The van der Waals surface area contributed by atoms with Crippen LogP contribution in [0.5, 0.6) is 0 Å². The molecule has 2 atom stereocenters. The SMILES string of the molecule is CC(C)(C)CC(=O)Nc1ccc(CC(=O)NC2C3CCCC2CC(N)C3)cc1.Cl. The van der Waals surface area contributed by atoms with Crippen molar-refractivity contribution in [2.24, 2.45) is 23.0 Å². The number of hydrogen-bond acceptors (Lipinski definition) is 3. The molecular weight excluding hydrogens is 386 g/mol. The highest BCUT2D eigenvalue weighted by molar-refractivity contribution is 5.91. The first-order valence-corrected chi connectivity index (χ1v) is 10.6. The molecule has 5 nitrogen and oxygen atoms in total. The van der Waals surface area contributed by atoms with Crippen LogP contribution in [0.15, 0.2) is 24.3 Å². The molecule has 2 fully saturated rings. The average Bonchev–Trinajstić information content (AvgIpc) is 2.56. The van der Waals surface area contributed by atoms with Crippen molar-refractivity contribution < 1.29 is 9.59 Å². The molecule has 6 heteroatoms. The number of anilines is 1. The summed E-state index contributed by atoms with van der Waals surface area (Å²) in [6.45, 7) is 6.13. The molecule has 0 aliphatic heterocycles. The molecule has 162 valence electrons. The number of hydrogen-bond donors (Lipinski definition) is 3. The Morgan fingerprint density at radius 2 is 1.62 bits per heavy atom. The van der Waals surface area contributed by atoms with Gasteiger partial charge in [-0.1, -0.05) is 39.3 Å². The van der Waals surface area contributed by atoms with E-state index in [0.29, 0.717) is 30.7 Å². The molecule has 4 N–H and O–H groups in total. The zero-order valence-electron chi connectivity index (χ0n) is 17.9. The minimum atomic E-state index is -0.0382. The largest absolute Gasteiger partial charge is 0.353 e.